The average Bonchev–Trinajstić information content (AvgIpc) is 3.03. The van der Waals surface area contributed by atoms with Gasteiger partial charge in [-0.2, -0.15) is 4.37 Å². The number of carboxylic acids is 1. The van der Waals surface area contributed by atoms with Crippen LogP contribution in [0.4, 0.5) is 9.80 Å². The summed E-state index contributed by atoms with van der Waals surface area (Å²) in [5.41, 5.74) is 1.09. The fourth-order valence-corrected chi connectivity index (χ4v) is 4.03. The van der Waals surface area contributed by atoms with Gasteiger partial charge in [-0.15, -0.1) is 0 Å². The first kappa shape index (κ1) is 20.2. The van der Waals surface area contributed by atoms with Crippen molar-refractivity contribution in [3.05, 3.63) is 41.5 Å². The summed E-state index contributed by atoms with van der Waals surface area (Å²) >= 11 is 2.29. The summed E-state index contributed by atoms with van der Waals surface area (Å²) in [6.45, 7) is 0.598. The standard InChI is InChI=1S/C17H21N3O4S2/c21-10-6-2-5-9-18-17(24)19-14-13(16(22)23)15(20-26-14)25-11-12-7-3-1-4-8-12/h1,3-4,7-8,21H,2,5-6,9-11H2,(H,22,23)(H2,18,19,24). The molecule has 0 saturated heterocycles. The predicted octanol–water partition coefficient (Wildman–Crippen LogP) is 3.42. The quantitative estimate of drug-likeness (QED) is 0.362. The molecule has 0 radical (unpaired) electrons. The van der Waals surface area contributed by atoms with Gasteiger partial charge in [-0.1, -0.05) is 42.1 Å². The van der Waals surface area contributed by atoms with Crippen molar-refractivity contribution in [1.29, 1.82) is 0 Å². The fourth-order valence-electron chi connectivity index (χ4n) is 2.14. The maximum absolute atomic E-state index is 11.9. The van der Waals surface area contributed by atoms with Crippen molar-refractivity contribution in [1.82, 2.24) is 9.69 Å². The van der Waals surface area contributed by atoms with Gasteiger partial charge in [0.1, 0.15) is 15.6 Å². The lowest BCUT2D eigenvalue weighted by Crippen LogP contribution is -2.29. The molecular weight excluding hydrogens is 374 g/mol. The van der Waals surface area contributed by atoms with Crippen LogP contribution in [0.1, 0.15) is 35.2 Å². The summed E-state index contributed by atoms with van der Waals surface area (Å²) in [4.78, 5) is 23.5. The van der Waals surface area contributed by atoms with Gasteiger partial charge < -0.3 is 15.5 Å². The zero-order valence-electron chi connectivity index (χ0n) is 14.1. The number of nitrogens with zero attached hydrogens (tertiary/aromatic N) is 1. The van der Waals surface area contributed by atoms with E-state index in [2.05, 4.69) is 15.0 Å². The highest BCUT2D eigenvalue weighted by molar-refractivity contribution is 7.98. The molecule has 1 heterocycles. The van der Waals surface area contributed by atoms with Crippen LogP contribution in [0.3, 0.4) is 0 Å². The number of anilines is 1. The summed E-state index contributed by atoms with van der Waals surface area (Å²) < 4.78 is 4.18. The maximum Gasteiger partial charge on any atom is 0.341 e. The van der Waals surface area contributed by atoms with Crippen LogP contribution in [-0.4, -0.2) is 39.7 Å². The van der Waals surface area contributed by atoms with E-state index in [9.17, 15) is 14.7 Å². The fraction of sp³-hybridized carbons (Fsp3) is 0.353. The normalized spacial score (nSPS) is 10.5. The van der Waals surface area contributed by atoms with E-state index in [1.54, 1.807) is 0 Å². The molecule has 0 spiro atoms. The number of hydrogen-bond acceptors (Lipinski definition) is 6. The Labute approximate surface area is 160 Å². The van der Waals surface area contributed by atoms with E-state index in [1.807, 2.05) is 30.3 Å². The van der Waals surface area contributed by atoms with Gasteiger partial charge in [0, 0.05) is 18.9 Å². The van der Waals surface area contributed by atoms with E-state index in [0.29, 0.717) is 23.7 Å². The molecule has 4 N–H and O–H groups in total. The molecule has 2 aromatic rings. The number of aliphatic hydroxyl groups excluding tert-OH is 1. The van der Waals surface area contributed by atoms with Gasteiger partial charge in [-0.25, -0.2) is 9.59 Å². The van der Waals surface area contributed by atoms with Crippen LogP contribution >= 0.6 is 23.3 Å². The first-order chi connectivity index (χ1) is 12.6. The zero-order valence-corrected chi connectivity index (χ0v) is 15.7. The Bertz CT molecular complexity index is 722. The molecule has 0 bridgehead atoms. The number of hydrogen-bond donors (Lipinski definition) is 4. The molecule has 0 fully saturated rings. The number of aromatic nitrogens is 1. The van der Waals surface area contributed by atoms with Crippen molar-refractivity contribution in [2.24, 2.45) is 0 Å². The number of carboxylic acid groups (broad SMARTS) is 1. The smallest absolute Gasteiger partial charge is 0.341 e. The van der Waals surface area contributed by atoms with Gasteiger partial charge >= 0.3 is 12.0 Å². The van der Waals surface area contributed by atoms with Crippen molar-refractivity contribution < 1.29 is 19.8 Å². The monoisotopic (exact) mass is 395 g/mol. The Morgan fingerprint density at radius 2 is 1.92 bits per heavy atom. The highest BCUT2D eigenvalue weighted by Crippen LogP contribution is 2.33. The third-order valence-electron chi connectivity index (χ3n) is 3.44. The first-order valence-corrected chi connectivity index (χ1v) is 9.93. The van der Waals surface area contributed by atoms with Crippen molar-refractivity contribution in [2.45, 2.75) is 30.0 Å². The minimum atomic E-state index is -1.12. The Kier molecular flexibility index (Phi) is 8.39. The highest BCUT2D eigenvalue weighted by Gasteiger charge is 2.22. The van der Waals surface area contributed by atoms with Gasteiger partial charge in [0.25, 0.3) is 0 Å². The van der Waals surface area contributed by atoms with Crippen LogP contribution in [0.5, 0.6) is 0 Å². The molecule has 1 aromatic carbocycles. The van der Waals surface area contributed by atoms with Gasteiger partial charge in [0.05, 0.1) is 0 Å². The van der Waals surface area contributed by atoms with E-state index in [0.717, 1.165) is 29.9 Å². The van der Waals surface area contributed by atoms with E-state index < -0.39 is 12.0 Å². The Morgan fingerprint density at radius 1 is 1.15 bits per heavy atom. The third kappa shape index (κ3) is 6.32. The van der Waals surface area contributed by atoms with Gasteiger partial charge in [-0.05, 0) is 36.4 Å². The number of carbonyl (C=O) groups excluding carboxylic acids is 1. The van der Waals surface area contributed by atoms with Crippen LogP contribution in [0.25, 0.3) is 0 Å². The second kappa shape index (κ2) is 10.8. The molecule has 7 nitrogen and oxygen atoms in total. The Hall–Kier alpha value is -2.10. The van der Waals surface area contributed by atoms with E-state index in [1.165, 1.54) is 11.8 Å². The van der Waals surface area contributed by atoms with E-state index >= 15 is 0 Å². The predicted molar refractivity (Wildman–Crippen MR) is 103 cm³/mol. The van der Waals surface area contributed by atoms with Crippen LogP contribution in [0.15, 0.2) is 35.4 Å². The molecule has 0 aliphatic carbocycles. The number of benzene rings is 1. The Balaban J connectivity index is 1.93. The van der Waals surface area contributed by atoms with Crippen LogP contribution < -0.4 is 10.6 Å². The summed E-state index contributed by atoms with van der Waals surface area (Å²) in [6, 6.07) is 9.23. The highest BCUT2D eigenvalue weighted by atomic mass is 32.2. The number of thioether (sulfide) groups is 1. The van der Waals surface area contributed by atoms with Crippen LogP contribution in [0, 0.1) is 0 Å². The van der Waals surface area contributed by atoms with Crippen molar-refractivity contribution in [3.8, 4) is 0 Å². The molecular formula is C17H21N3O4S2. The number of aromatic carboxylic acids is 1. The van der Waals surface area contributed by atoms with Crippen LogP contribution in [0.2, 0.25) is 0 Å². The number of nitrogens with one attached hydrogen (secondary N) is 2. The molecule has 0 unspecified atom stereocenters. The lowest BCUT2D eigenvalue weighted by Gasteiger charge is -2.06. The second-order valence-corrected chi connectivity index (χ2v) is 7.17. The first-order valence-electron chi connectivity index (χ1n) is 8.17. The molecule has 140 valence electrons. The SMILES string of the molecule is O=C(NCCCCCO)Nc1snc(SCc2ccccc2)c1C(=O)O. The number of amides is 2. The van der Waals surface area contributed by atoms with E-state index in [-0.39, 0.29) is 17.2 Å². The number of urea groups is 1. The van der Waals surface area contributed by atoms with Crippen molar-refractivity contribution >= 4 is 40.3 Å². The molecule has 2 amide bonds. The van der Waals surface area contributed by atoms with Gasteiger partial charge in [-0.3, -0.25) is 5.32 Å². The zero-order chi connectivity index (χ0) is 18.8. The maximum atomic E-state index is 11.9. The third-order valence-corrected chi connectivity index (χ3v) is 5.37. The summed E-state index contributed by atoms with van der Waals surface area (Å²) in [5, 5.41) is 24.0. The lowest BCUT2D eigenvalue weighted by atomic mass is 10.2. The minimum absolute atomic E-state index is 0.0198. The second-order valence-electron chi connectivity index (χ2n) is 5.44. The molecule has 9 heteroatoms. The molecule has 2 rings (SSSR count). The lowest BCUT2D eigenvalue weighted by molar-refractivity contribution is 0.0694. The topological polar surface area (TPSA) is 112 Å². The minimum Gasteiger partial charge on any atom is -0.477 e. The summed E-state index contributed by atoms with van der Waals surface area (Å²) in [5.74, 6) is -0.519. The summed E-state index contributed by atoms with van der Waals surface area (Å²) in [6.07, 6.45) is 2.27. The Morgan fingerprint density at radius 3 is 2.62 bits per heavy atom. The number of unbranched alkanes of at least 4 members (excludes halogenated alkanes) is 2. The molecule has 0 saturated carbocycles. The molecule has 0 atom stereocenters. The van der Waals surface area contributed by atoms with Crippen molar-refractivity contribution in [3.63, 3.8) is 0 Å². The molecule has 26 heavy (non-hydrogen) atoms. The molecule has 0 aliphatic rings. The van der Waals surface area contributed by atoms with E-state index in [4.69, 9.17) is 5.11 Å². The summed E-state index contributed by atoms with van der Waals surface area (Å²) in [7, 11) is 0. The average molecular weight is 396 g/mol. The van der Waals surface area contributed by atoms with Crippen molar-refractivity contribution in [2.75, 3.05) is 18.5 Å². The van der Waals surface area contributed by atoms with Gasteiger partial charge in [0.15, 0.2) is 0 Å². The number of rotatable bonds is 10. The largest absolute Gasteiger partial charge is 0.477 e. The van der Waals surface area contributed by atoms with Crippen LogP contribution in [-0.2, 0) is 5.75 Å². The van der Waals surface area contributed by atoms with Gasteiger partial charge in [0.2, 0.25) is 0 Å². The number of carbonyl (C=O) groups is 2. The molecule has 1 aromatic heterocycles. The number of aliphatic hydroxyl groups is 1. The molecule has 0 aliphatic heterocycles.